The molecule has 0 unspecified atom stereocenters. The third-order valence-electron chi connectivity index (χ3n) is 3.92. The summed E-state index contributed by atoms with van der Waals surface area (Å²) in [6, 6.07) is 12.0. The Kier molecular flexibility index (Phi) is 3.46. The zero-order chi connectivity index (χ0) is 15.6. The van der Waals surface area contributed by atoms with E-state index in [1.807, 2.05) is 40.9 Å². The van der Waals surface area contributed by atoms with Crippen LogP contribution in [0.5, 0.6) is 0 Å². The van der Waals surface area contributed by atoms with Crippen molar-refractivity contribution >= 4 is 16.6 Å². The molecule has 0 aliphatic rings. The highest BCUT2D eigenvalue weighted by atomic mass is 15.3. The molecule has 23 heavy (non-hydrogen) atoms. The second kappa shape index (κ2) is 5.76. The van der Waals surface area contributed by atoms with Gasteiger partial charge in [0.25, 0.3) is 0 Å². The Morgan fingerprint density at radius 3 is 2.78 bits per heavy atom. The fourth-order valence-corrected chi connectivity index (χ4v) is 2.73. The van der Waals surface area contributed by atoms with Crippen molar-refractivity contribution in [1.82, 2.24) is 24.6 Å². The minimum atomic E-state index is 0.689. The van der Waals surface area contributed by atoms with E-state index in [9.17, 15) is 0 Å². The van der Waals surface area contributed by atoms with Gasteiger partial charge in [0.2, 0.25) is 0 Å². The van der Waals surface area contributed by atoms with Crippen LogP contribution in [-0.2, 0) is 6.42 Å². The maximum atomic E-state index is 4.79. The van der Waals surface area contributed by atoms with Crippen LogP contribution < -0.4 is 0 Å². The van der Waals surface area contributed by atoms with Gasteiger partial charge in [-0.2, -0.15) is 4.52 Å². The smallest absolute Gasteiger partial charge is 0.183 e. The van der Waals surface area contributed by atoms with Crippen molar-refractivity contribution in [2.75, 3.05) is 0 Å². The summed E-state index contributed by atoms with van der Waals surface area (Å²) in [6.45, 7) is 2.18. The number of nitrogens with zero attached hydrogens (tertiary/aromatic N) is 5. The number of para-hydroxylation sites is 1. The number of pyridine rings is 1. The summed E-state index contributed by atoms with van der Waals surface area (Å²) >= 11 is 0. The van der Waals surface area contributed by atoms with E-state index in [1.165, 1.54) is 0 Å². The Labute approximate surface area is 134 Å². The van der Waals surface area contributed by atoms with E-state index in [0.29, 0.717) is 5.82 Å². The Balaban J connectivity index is 1.98. The zero-order valence-electron chi connectivity index (χ0n) is 13.0. The molecule has 5 nitrogen and oxygen atoms in total. The van der Waals surface area contributed by atoms with Crippen LogP contribution in [0.3, 0.4) is 0 Å². The van der Waals surface area contributed by atoms with Gasteiger partial charge in [-0.25, -0.2) is 9.97 Å². The van der Waals surface area contributed by atoms with Crippen LogP contribution in [0, 0.1) is 0 Å². The third kappa shape index (κ3) is 2.44. The summed E-state index contributed by atoms with van der Waals surface area (Å²) in [4.78, 5) is 13.7. The number of hydrogen-bond donors (Lipinski definition) is 0. The first kappa shape index (κ1) is 13.8. The first-order valence-electron chi connectivity index (χ1n) is 7.91. The normalized spacial score (nSPS) is 11.3. The predicted octanol–water partition coefficient (Wildman–Crippen LogP) is 3.68. The summed E-state index contributed by atoms with van der Waals surface area (Å²) < 4.78 is 1.89. The van der Waals surface area contributed by atoms with E-state index in [2.05, 4.69) is 17.0 Å². The molecule has 3 heterocycles. The van der Waals surface area contributed by atoms with Crippen LogP contribution in [0.2, 0.25) is 0 Å². The first-order valence-corrected chi connectivity index (χ1v) is 7.91. The fraction of sp³-hybridized carbons (Fsp3) is 0.222. The van der Waals surface area contributed by atoms with Crippen molar-refractivity contribution in [2.45, 2.75) is 26.2 Å². The Morgan fingerprint density at radius 1 is 1.04 bits per heavy atom. The summed E-state index contributed by atoms with van der Waals surface area (Å²) in [5, 5.41) is 5.71. The lowest BCUT2D eigenvalue weighted by Gasteiger charge is -2.05. The first-order chi connectivity index (χ1) is 11.4. The lowest BCUT2D eigenvalue weighted by molar-refractivity contribution is 0.720. The number of unbranched alkanes of at least 4 members (excludes halogenated alkanes) is 1. The molecule has 0 fully saturated rings. The average Bonchev–Trinajstić information content (AvgIpc) is 3.06. The molecule has 5 heteroatoms. The maximum absolute atomic E-state index is 4.79. The molecule has 1 aromatic carbocycles. The molecule has 114 valence electrons. The van der Waals surface area contributed by atoms with Crippen LogP contribution in [0.4, 0.5) is 0 Å². The third-order valence-corrected chi connectivity index (χ3v) is 3.92. The van der Waals surface area contributed by atoms with Crippen molar-refractivity contribution in [2.24, 2.45) is 0 Å². The molecule has 0 amide bonds. The molecule has 0 saturated heterocycles. The SMILES string of the molecule is CCCCc1nc2ccccc2c2nc(-c3cccnc3)nn12. The standard InChI is InChI=1S/C18H17N5/c1-2-3-10-16-20-15-9-5-4-8-14(15)18-21-17(22-23(16)18)13-7-6-11-19-12-13/h4-9,11-12H,2-3,10H2,1H3. The van der Waals surface area contributed by atoms with Crippen LogP contribution in [0.1, 0.15) is 25.6 Å². The highest BCUT2D eigenvalue weighted by Crippen LogP contribution is 2.22. The quantitative estimate of drug-likeness (QED) is 0.577. The van der Waals surface area contributed by atoms with Gasteiger partial charge in [0.1, 0.15) is 5.82 Å². The molecule has 0 atom stereocenters. The van der Waals surface area contributed by atoms with Crippen molar-refractivity contribution in [3.63, 3.8) is 0 Å². The van der Waals surface area contributed by atoms with Gasteiger partial charge in [0.15, 0.2) is 11.5 Å². The van der Waals surface area contributed by atoms with E-state index >= 15 is 0 Å². The number of rotatable bonds is 4. The van der Waals surface area contributed by atoms with E-state index in [0.717, 1.165) is 47.2 Å². The molecular formula is C18H17N5. The second-order valence-corrected chi connectivity index (χ2v) is 5.56. The molecule has 3 aromatic heterocycles. The molecule has 0 saturated carbocycles. The Hall–Kier alpha value is -2.82. The molecule has 4 rings (SSSR count). The van der Waals surface area contributed by atoms with Gasteiger partial charge in [-0.1, -0.05) is 25.5 Å². The van der Waals surface area contributed by atoms with Gasteiger partial charge in [-0.05, 0) is 30.7 Å². The van der Waals surface area contributed by atoms with Gasteiger partial charge in [-0.3, -0.25) is 4.98 Å². The van der Waals surface area contributed by atoms with E-state index < -0.39 is 0 Å². The van der Waals surface area contributed by atoms with E-state index in [4.69, 9.17) is 9.97 Å². The number of benzene rings is 1. The lowest BCUT2D eigenvalue weighted by atomic mass is 10.2. The van der Waals surface area contributed by atoms with E-state index in [1.54, 1.807) is 12.4 Å². The average molecular weight is 303 g/mol. The van der Waals surface area contributed by atoms with Crippen molar-refractivity contribution in [1.29, 1.82) is 0 Å². The minimum Gasteiger partial charge on any atom is -0.264 e. The number of aromatic nitrogens is 5. The molecule has 0 radical (unpaired) electrons. The van der Waals surface area contributed by atoms with Gasteiger partial charge in [0.05, 0.1) is 5.52 Å². The van der Waals surface area contributed by atoms with E-state index in [-0.39, 0.29) is 0 Å². The van der Waals surface area contributed by atoms with Gasteiger partial charge in [-0.15, -0.1) is 5.10 Å². The number of fused-ring (bicyclic) bond motifs is 3. The summed E-state index contributed by atoms with van der Waals surface area (Å²) in [7, 11) is 0. The molecule has 0 spiro atoms. The van der Waals surface area contributed by atoms with Crippen LogP contribution >= 0.6 is 0 Å². The van der Waals surface area contributed by atoms with Crippen LogP contribution in [0.25, 0.3) is 27.9 Å². The zero-order valence-corrected chi connectivity index (χ0v) is 13.0. The monoisotopic (exact) mass is 303 g/mol. The van der Waals surface area contributed by atoms with Crippen LogP contribution in [0.15, 0.2) is 48.8 Å². The molecule has 0 aliphatic heterocycles. The molecule has 0 bridgehead atoms. The topological polar surface area (TPSA) is 56.0 Å². The highest BCUT2D eigenvalue weighted by Gasteiger charge is 2.14. The van der Waals surface area contributed by atoms with Gasteiger partial charge in [0, 0.05) is 29.8 Å². The molecule has 4 aromatic rings. The van der Waals surface area contributed by atoms with Crippen molar-refractivity contribution in [3.05, 3.63) is 54.6 Å². The number of aryl methyl sites for hydroxylation is 1. The Bertz CT molecular complexity index is 959. The number of hydrogen-bond acceptors (Lipinski definition) is 4. The second-order valence-electron chi connectivity index (χ2n) is 5.56. The summed E-state index contributed by atoms with van der Waals surface area (Å²) in [6.07, 6.45) is 6.65. The predicted molar refractivity (Wildman–Crippen MR) is 90.1 cm³/mol. The molecule has 0 aliphatic carbocycles. The van der Waals surface area contributed by atoms with Crippen molar-refractivity contribution in [3.8, 4) is 11.4 Å². The highest BCUT2D eigenvalue weighted by molar-refractivity contribution is 5.91. The molecule has 0 N–H and O–H groups in total. The molecular weight excluding hydrogens is 286 g/mol. The van der Waals surface area contributed by atoms with Crippen molar-refractivity contribution < 1.29 is 0 Å². The van der Waals surface area contributed by atoms with Crippen LogP contribution in [-0.4, -0.2) is 24.6 Å². The summed E-state index contributed by atoms with van der Waals surface area (Å²) in [5.41, 5.74) is 2.75. The maximum Gasteiger partial charge on any atom is 0.183 e. The Morgan fingerprint density at radius 2 is 1.96 bits per heavy atom. The van der Waals surface area contributed by atoms with Gasteiger partial charge >= 0.3 is 0 Å². The van der Waals surface area contributed by atoms with Gasteiger partial charge < -0.3 is 0 Å². The minimum absolute atomic E-state index is 0.689. The fourth-order valence-electron chi connectivity index (χ4n) is 2.73. The lowest BCUT2D eigenvalue weighted by Crippen LogP contribution is -2.03. The summed E-state index contributed by atoms with van der Waals surface area (Å²) in [5.74, 6) is 1.65. The largest absolute Gasteiger partial charge is 0.264 e.